The van der Waals surface area contributed by atoms with Crippen molar-refractivity contribution in [2.45, 2.75) is 19.3 Å². The minimum Gasteiger partial charge on any atom is -0.455 e. The Kier molecular flexibility index (Phi) is 7.68. The van der Waals surface area contributed by atoms with Crippen LogP contribution in [0.4, 0.5) is 10.1 Å². The number of nitrogens with zero attached hydrogens (tertiary/aromatic N) is 1. The first-order valence-electron chi connectivity index (χ1n) is 8.91. The topological polar surface area (TPSA) is 75.7 Å². The van der Waals surface area contributed by atoms with Crippen LogP contribution in [0, 0.1) is 5.82 Å². The number of hydrogen-bond acceptors (Lipinski definition) is 4. The van der Waals surface area contributed by atoms with Crippen molar-refractivity contribution < 1.29 is 23.5 Å². The van der Waals surface area contributed by atoms with Crippen LogP contribution >= 0.6 is 0 Å². The van der Waals surface area contributed by atoms with Crippen molar-refractivity contribution in [2.75, 3.05) is 25.5 Å². The van der Waals surface area contributed by atoms with Crippen LogP contribution in [0.3, 0.4) is 0 Å². The number of amides is 2. The second kappa shape index (κ2) is 10.2. The number of rotatable bonds is 8. The molecule has 1 atom stereocenters. The molecule has 2 aromatic rings. The molecule has 148 valence electrons. The standard InChI is InChI=1S/C21H23FN2O4/c1-3-18(15-7-5-4-6-8-15)21(27)28-14-20(26)24(2)13-19(25)23-17-11-9-16(22)10-12-17/h4-12,18H,3,13-14H2,1-2H3,(H,23,25)/t18-/m0/s1. The number of nitrogens with one attached hydrogen (secondary N) is 1. The third-order valence-electron chi connectivity index (χ3n) is 4.17. The fraction of sp³-hybridized carbons (Fsp3) is 0.286. The summed E-state index contributed by atoms with van der Waals surface area (Å²) in [6, 6.07) is 14.5. The van der Waals surface area contributed by atoms with Crippen LogP contribution in [0.15, 0.2) is 54.6 Å². The molecule has 0 aliphatic carbocycles. The first kappa shape index (κ1) is 21.1. The van der Waals surface area contributed by atoms with Gasteiger partial charge in [-0.15, -0.1) is 0 Å². The van der Waals surface area contributed by atoms with Gasteiger partial charge in [0.15, 0.2) is 6.61 Å². The van der Waals surface area contributed by atoms with Crippen molar-refractivity contribution in [3.8, 4) is 0 Å². The number of halogens is 1. The highest BCUT2D eigenvalue weighted by Crippen LogP contribution is 2.20. The molecule has 28 heavy (non-hydrogen) atoms. The van der Waals surface area contributed by atoms with E-state index in [1.165, 1.54) is 31.3 Å². The highest BCUT2D eigenvalue weighted by molar-refractivity contribution is 5.94. The van der Waals surface area contributed by atoms with Gasteiger partial charge in [0, 0.05) is 12.7 Å². The summed E-state index contributed by atoms with van der Waals surface area (Å²) in [6.07, 6.45) is 0.549. The van der Waals surface area contributed by atoms with Crippen LogP contribution in [-0.2, 0) is 19.1 Å². The molecular weight excluding hydrogens is 363 g/mol. The van der Waals surface area contributed by atoms with E-state index in [1.54, 1.807) is 0 Å². The molecule has 0 unspecified atom stereocenters. The molecule has 2 amide bonds. The Bertz CT molecular complexity index is 809. The Morgan fingerprint density at radius 1 is 1.07 bits per heavy atom. The van der Waals surface area contributed by atoms with Crippen molar-refractivity contribution in [1.29, 1.82) is 0 Å². The summed E-state index contributed by atoms with van der Waals surface area (Å²) in [5, 5.41) is 2.56. The normalized spacial score (nSPS) is 11.4. The van der Waals surface area contributed by atoms with Gasteiger partial charge in [-0.2, -0.15) is 0 Å². The lowest BCUT2D eigenvalue weighted by Gasteiger charge is -2.18. The van der Waals surface area contributed by atoms with Gasteiger partial charge < -0.3 is 15.0 Å². The molecule has 0 spiro atoms. The lowest BCUT2D eigenvalue weighted by molar-refractivity contribution is -0.153. The lowest BCUT2D eigenvalue weighted by atomic mass is 9.97. The molecule has 0 fully saturated rings. The molecule has 0 saturated heterocycles. The van der Waals surface area contributed by atoms with Crippen LogP contribution in [0.25, 0.3) is 0 Å². The number of carbonyl (C=O) groups excluding carboxylic acids is 3. The number of hydrogen-bond donors (Lipinski definition) is 1. The third kappa shape index (κ3) is 6.19. The zero-order valence-corrected chi connectivity index (χ0v) is 15.9. The molecule has 6 nitrogen and oxygen atoms in total. The molecule has 2 rings (SSSR count). The molecule has 7 heteroatoms. The van der Waals surface area contributed by atoms with Gasteiger partial charge in [-0.3, -0.25) is 14.4 Å². The monoisotopic (exact) mass is 386 g/mol. The molecule has 0 aromatic heterocycles. The minimum absolute atomic E-state index is 0.219. The molecule has 0 saturated carbocycles. The maximum Gasteiger partial charge on any atom is 0.313 e. The summed E-state index contributed by atoms with van der Waals surface area (Å²) in [5.41, 5.74) is 1.25. The number of likely N-dealkylation sites (N-methyl/N-ethyl adjacent to an activating group) is 1. The van der Waals surface area contributed by atoms with Gasteiger partial charge in [0.1, 0.15) is 5.82 Å². The van der Waals surface area contributed by atoms with Gasteiger partial charge in [0.25, 0.3) is 5.91 Å². The largest absolute Gasteiger partial charge is 0.455 e. The molecule has 0 aliphatic heterocycles. The van der Waals surface area contributed by atoms with Crippen LogP contribution in [0.5, 0.6) is 0 Å². The number of anilines is 1. The molecule has 0 aliphatic rings. The van der Waals surface area contributed by atoms with Crippen LogP contribution in [-0.4, -0.2) is 42.9 Å². The first-order valence-corrected chi connectivity index (χ1v) is 8.91. The van der Waals surface area contributed by atoms with Gasteiger partial charge in [0.2, 0.25) is 5.91 Å². The van der Waals surface area contributed by atoms with E-state index in [4.69, 9.17) is 4.74 Å². The molecule has 1 N–H and O–H groups in total. The molecule has 0 bridgehead atoms. The molecule has 0 radical (unpaired) electrons. The highest BCUT2D eigenvalue weighted by atomic mass is 19.1. The van der Waals surface area contributed by atoms with Gasteiger partial charge in [0.05, 0.1) is 12.5 Å². The van der Waals surface area contributed by atoms with Gasteiger partial charge in [-0.1, -0.05) is 37.3 Å². The molecular formula is C21H23FN2O4. The van der Waals surface area contributed by atoms with Crippen molar-refractivity contribution >= 4 is 23.5 Å². The summed E-state index contributed by atoms with van der Waals surface area (Å²) in [7, 11) is 1.44. The van der Waals surface area contributed by atoms with Gasteiger partial charge >= 0.3 is 5.97 Å². The van der Waals surface area contributed by atoms with E-state index in [0.29, 0.717) is 12.1 Å². The number of esters is 1. The van der Waals surface area contributed by atoms with Gasteiger partial charge in [-0.25, -0.2) is 4.39 Å². The zero-order chi connectivity index (χ0) is 20.5. The number of ether oxygens (including phenoxy) is 1. The number of carbonyl (C=O) groups is 3. The average Bonchev–Trinajstić information content (AvgIpc) is 2.69. The van der Waals surface area contributed by atoms with E-state index in [2.05, 4.69) is 5.32 Å². The average molecular weight is 386 g/mol. The summed E-state index contributed by atoms with van der Waals surface area (Å²) < 4.78 is 18.0. The van der Waals surface area contributed by atoms with Crippen molar-refractivity contribution in [2.24, 2.45) is 0 Å². The predicted octanol–water partition coefficient (Wildman–Crippen LogP) is 2.96. The Labute approximate surface area is 163 Å². The second-order valence-electron chi connectivity index (χ2n) is 6.28. The van der Waals surface area contributed by atoms with Crippen LogP contribution < -0.4 is 5.32 Å². The Hall–Kier alpha value is -3.22. The maximum atomic E-state index is 12.9. The van der Waals surface area contributed by atoms with Crippen molar-refractivity contribution in [3.63, 3.8) is 0 Å². The quantitative estimate of drug-likeness (QED) is 0.708. The van der Waals surface area contributed by atoms with Gasteiger partial charge in [-0.05, 0) is 36.2 Å². The van der Waals surface area contributed by atoms with E-state index in [1.807, 2.05) is 37.3 Å². The van der Waals surface area contributed by atoms with Crippen molar-refractivity contribution in [1.82, 2.24) is 4.90 Å². The predicted molar refractivity (Wildman–Crippen MR) is 103 cm³/mol. The van der Waals surface area contributed by atoms with E-state index >= 15 is 0 Å². The fourth-order valence-corrected chi connectivity index (χ4v) is 2.60. The number of benzene rings is 2. The van der Waals surface area contributed by atoms with E-state index < -0.39 is 36.1 Å². The SMILES string of the molecule is CC[C@H](C(=O)OCC(=O)N(C)CC(=O)Nc1ccc(F)cc1)c1ccccc1. The van der Waals surface area contributed by atoms with E-state index in [-0.39, 0.29) is 6.54 Å². The summed E-state index contributed by atoms with van der Waals surface area (Å²) in [4.78, 5) is 37.6. The lowest BCUT2D eigenvalue weighted by Crippen LogP contribution is -2.37. The first-order chi connectivity index (χ1) is 13.4. The Morgan fingerprint density at radius 2 is 1.71 bits per heavy atom. The Balaban J connectivity index is 1.82. The maximum absolute atomic E-state index is 12.9. The minimum atomic E-state index is -0.495. The highest BCUT2D eigenvalue weighted by Gasteiger charge is 2.22. The summed E-state index contributed by atoms with van der Waals surface area (Å²) in [5.74, 6) is -2.27. The fourth-order valence-electron chi connectivity index (χ4n) is 2.60. The van der Waals surface area contributed by atoms with E-state index in [9.17, 15) is 18.8 Å². The smallest absolute Gasteiger partial charge is 0.313 e. The summed E-state index contributed by atoms with van der Waals surface area (Å²) >= 11 is 0. The third-order valence-corrected chi connectivity index (χ3v) is 4.17. The van der Waals surface area contributed by atoms with Crippen LogP contribution in [0.1, 0.15) is 24.8 Å². The summed E-state index contributed by atoms with van der Waals surface area (Å²) in [6.45, 7) is 1.21. The van der Waals surface area contributed by atoms with E-state index in [0.717, 1.165) is 10.5 Å². The molecule has 2 aromatic carbocycles. The van der Waals surface area contributed by atoms with Crippen molar-refractivity contribution in [3.05, 3.63) is 66.0 Å². The second-order valence-corrected chi connectivity index (χ2v) is 6.28. The zero-order valence-electron chi connectivity index (χ0n) is 15.9. The molecule has 0 heterocycles. The van der Waals surface area contributed by atoms with Crippen LogP contribution in [0.2, 0.25) is 0 Å². The Morgan fingerprint density at radius 3 is 2.32 bits per heavy atom.